The number of hydrogen-bond donors (Lipinski definition) is 1. The molecule has 82 valence electrons. The maximum absolute atomic E-state index is 11.6. The van der Waals surface area contributed by atoms with Gasteiger partial charge in [0, 0.05) is 11.1 Å². The smallest absolute Gasteiger partial charge is 0.259 e. The van der Waals surface area contributed by atoms with E-state index >= 15 is 0 Å². The fourth-order valence-corrected chi connectivity index (χ4v) is 1.72. The summed E-state index contributed by atoms with van der Waals surface area (Å²) >= 11 is 0. The minimum atomic E-state index is -0.369. The number of para-hydroxylation sites is 1. The molecule has 0 saturated carbocycles. The molecule has 4 heteroatoms. The van der Waals surface area contributed by atoms with Crippen molar-refractivity contribution in [3.05, 3.63) is 35.4 Å². The van der Waals surface area contributed by atoms with Crippen molar-refractivity contribution in [1.29, 1.82) is 0 Å². The fourth-order valence-electron chi connectivity index (χ4n) is 1.72. The fraction of sp³-hybridized carbons (Fsp3) is 0.167. The molecule has 4 nitrogen and oxygen atoms in total. The molecular formula is C12H11NO3. The molecule has 16 heavy (non-hydrogen) atoms. The minimum Gasteiger partial charge on any atom is -0.496 e. The Hall–Kier alpha value is -2.10. The number of nitrogens with one attached hydrogen (secondary N) is 1. The molecule has 0 atom stereocenters. The van der Waals surface area contributed by atoms with Gasteiger partial charge in [0.05, 0.1) is 12.7 Å². The Labute approximate surface area is 92.9 Å². The summed E-state index contributed by atoms with van der Waals surface area (Å²) in [4.78, 5) is 23.0. The Balaban J connectivity index is 2.60. The Morgan fingerprint density at radius 3 is 2.38 bits per heavy atom. The second kappa shape index (κ2) is 3.81. The summed E-state index contributed by atoms with van der Waals surface area (Å²) in [6, 6.07) is 7.13. The molecule has 1 aromatic carbocycles. The largest absolute Gasteiger partial charge is 0.496 e. The van der Waals surface area contributed by atoms with Gasteiger partial charge in [-0.25, -0.2) is 0 Å². The molecule has 0 fully saturated rings. The topological polar surface area (TPSA) is 55.4 Å². The highest BCUT2D eigenvalue weighted by Crippen LogP contribution is 2.30. The number of imide groups is 1. The maximum atomic E-state index is 11.6. The van der Waals surface area contributed by atoms with E-state index in [0.29, 0.717) is 22.5 Å². The highest BCUT2D eigenvalue weighted by Gasteiger charge is 2.29. The van der Waals surface area contributed by atoms with Crippen LogP contribution in [-0.2, 0) is 9.59 Å². The van der Waals surface area contributed by atoms with Crippen LogP contribution in [0.5, 0.6) is 5.75 Å². The quantitative estimate of drug-likeness (QED) is 0.755. The van der Waals surface area contributed by atoms with Crippen molar-refractivity contribution < 1.29 is 14.3 Å². The van der Waals surface area contributed by atoms with Crippen LogP contribution in [0.15, 0.2) is 29.8 Å². The van der Waals surface area contributed by atoms with Crippen molar-refractivity contribution in [2.24, 2.45) is 0 Å². The first-order valence-corrected chi connectivity index (χ1v) is 4.85. The van der Waals surface area contributed by atoms with Crippen molar-refractivity contribution in [2.45, 2.75) is 6.92 Å². The first-order valence-electron chi connectivity index (χ1n) is 4.85. The molecule has 2 amide bonds. The van der Waals surface area contributed by atoms with E-state index in [1.807, 2.05) is 6.07 Å². The lowest BCUT2D eigenvalue weighted by molar-refractivity contribution is -0.123. The van der Waals surface area contributed by atoms with Crippen LogP contribution in [0.2, 0.25) is 0 Å². The first kappa shape index (κ1) is 10.4. The third kappa shape index (κ3) is 1.48. The molecule has 1 N–H and O–H groups in total. The Morgan fingerprint density at radius 2 is 1.81 bits per heavy atom. The number of carbonyl (C=O) groups is 2. The molecule has 1 aliphatic rings. The van der Waals surface area contributed by atoms with E-state index in [9.17, 15) is 9.59 Å². The first-order chi connectivity index (χ1) is 7.65. The average Bonchev–Trinajstić information content (AvgIpc) is 2.53. The third-order valence-corrected chi connectivity index (χ3v) is 2.55. The summed E-state index contributed by atoms with van der Waals surface area (Å²) in [6.45, 7) is 1.63. The summed E-state index contributed by atoms with van der Waals surface area (Å²) in [7, 11) is 1.53. The molecule has 0 radical (unpaired) electrons. The van der Waals surface area contributed by atoms with Crippen molar-refractivity contribution in [3.63, 3.8) is 0 Å². The Morgan fingerprint density at radius 1 is 1.12 bits per heavy atom. The molecule has 0 unspecified atom stereocenters. The maximum Gasteiger partial charge on any atom is 0.259 e. The number of rotatable bonds is 2. The zero-order valence-corrected chi connectivity index (χ0v) is 9.03. The second-order valence-electron chi connectivity index (χ2n) is 3.48. The molecule has 0 aromatic heterocycles. The van der Waals surface area contributed by atoms with E-state index in [-0.39, 0.29) is 11.8 Å². The molecule has 1 heterocycles. The van der Waals surface area contributed by atoms with Crippen LogP contribution in [0.3, 0.4) is 0 Å². The third-order valence-electron chi connectivity index (χ3n) is 2.55. The lowest BCUT2D eigenvalue weighted by Gasteiger charge is -2.07. The van der Waals surface area contributed by atoms with Crippen molar-refractivity contribution in [2.75, 3.05) is 7.11 Å². The van der Waals surface area contributed by atoms with E-state index in [0.717, 1.165) is 0 Å². The van der Waals surface area contributed by atoms with Crippen LogP contribution >= 0.6 is 0 Å². The predicted molar refractivity (Wildman–Crippen MR) is 58.7 cm³/mol. The zero-order valence-electron chi connectivity index (χ0n) is 9.03. The summed E-state index contributed by atoms with van der Waals surface area (Å²) in [5.74, 6) is -0.125. The van der Waals surface area contributed by atoms with E-state index in [4.69, 9.17) is 4.74 Å². The van der Waals surface area contributed by atoms with Gasteiger partial charge in [-0.3, -0.25) is 14.9 Å². The average molecular weight is 217 g/mol. The number of amides is 2. The van der Waals surface area contributed by atoms with Crippen molar-refractivity contribution in [1.82, 2.24) is 5.32 Å². The molecule has 0 saturated heterocycles. The van der Waals surface area contributed by atoms with Gasteiger partial charge in [-0.15, -0.1) is 0 Å². The van der Waals surface area contributed by atoms with Gasteiger partial charge < -0.3 is 4.74 Å². The van der Waals surface area contributed by atoms with E-state index < -0.39 is 0 Å². The van der Waals surface area contributed by atoms with Crippen LogP contribution < -0.4 is 10.1 Å². The number of carbonyl (C=O) groups excluding carboxylic acids is 2. The van der Waals surface area contributed by atoms with Crippen LogP contribution in [0, 0.1) is 0 Å². The molecule has 0 spiro atoms. The van der Waals surface area contributed by atoms with Gasteiger partial charge in [-0.05, 0) is 13.0 Å². The monoisotopic (exact) mass is 217 g/mol. The van der Waals surface area contributed by atoms with E-state index in [1.165, 1.54) is 7.11 Å². The van der Waals surface area contributed by atoms with Crippen LogP contribution in [0.4, 0.5) is 0 Å². The standard InChI is InChI=1S/C12H11NO3/c1-7-10(12(15)13-11(7)14)8-5-3-4-6-9(8)16-2/h3-6H,1-2H3,(H,13,14,15). The van der Waals surface area contributed by atoms with Crippen LogP contribution in [0.25, 0.3) is 5.57 Å². The molecule has 1 aromatic rings. The highest BCUT2D eigenvalue weighted by molar-refractivity contribution is 6.36. The summed E-state index contributed by atoms with van der Waals surface area (Å²) in [6.07, 6.45) is 0. The predicted octanol–water partition coefficient (Wildman–Crippen LogP) is 1.13. The van der Waals surface area contributed by atoms with Gasteiger partial charge in [0.15, 0.2) is 0 Å². The van der Waals surface area contributed by atoms with Gasteiger partial charge in [-0.2, -0.15) is 0 Å². The zero-order chi connectivity index (χ0) is 11.7. The van der Waals surface area contributed by atoms with Gasteiger partial charge in [0.25, 0.3) is 11.8 Å². The summed E-state index contributed by atoms with van der Waals surface area (Å²) < 4.78 is 5.16. The highest BCUT2D eigenvalue weighted by atomic mass is 16.5. The molecule has 1 aliphatic heterocycles. The van der Waals surface area contributed by atoms with E-state index in [2.05, 4.69) is 5.32 Å². The molecule has 2 rings (SSSR count). The Kier molecular flexibility index (Phi) is 2.48. The lowest BCUT2D eigenvalue weighted by atomic mass is 10.0. The summed E-state index contributed by atoms with van der Waals surface area (Å²) in [5, 5.41) is 2.26. The van der Waals surface area contributed by atoms with Gasteiger partial charge in [0.1, 0.15) is 5.75 Å². The number of ether oxygens (including phenoxy) is 1. The summed E-state index contributed by atoms with van der Waals surface area (Å²) in [5.41, 5.74) is 1.46. The second-order valence-corrected chi connectivity index (χ2v) is 3.48. The SMILES string of the molecule is COc1ccccc1C1=C(C)C(=O)NC1=O. The molecule has 0 bridgehead atoms. The van der Waals surface area contributed by atoms with E-state index in [1.54, 1.807) is 25.1 Å². The van der Waals surface area contributed by atoms with Gasteiger partial charge in [0.2, 0.25) is 0 Å². The van der Waals surface area contributed by atoms with Crippen LogP contribution in [-0.4, -0.2) is 18.9 Å². The van der Waals surface area contributed by atoms with Crippen LogP contribution in [0.1, 0.15) is 12.5 Å². The lowest BCUT2D eigenvalue weighted by Crippen LogP contribution is -2.22. The number of benzene rings is 1. The van der Waals surface area contributed by atoms with Crippen molar-refractivity contribution >= 4 is 17.4 Å². The normalized spacial score (nSPS) is 15.4. The Bertz CT molecular complexity index is 503. The van der Waals surface area contributed by atoms with Gasteiger partial charge in [-0.1, -0.05) is 18.2 Å². The van der Waals surface area contributed by atoms with Crippen molar-refractivity contribution in [3.8, 4) is 5.75 Å². The molecule has 0 aliphatic carbocycles. The molecular weight excluding hydrogens is 206 g/mol. The number of methoxy groups -OCH3 is 1. The van der Waals surface area contributed by atoms with Gasteiger partial charge >= 0.3 is 0 Å². The number of hydrogen-bond acceptors (Lipinski definition) is 3. The minimum absolute atomic E-state index is 0.342.